The Kier molecular flexibility index (Phi) is 6.03. The maximum atomic E-state index is 12.5. The van der Waals surface area contributed by atoms with Gasteiger partial charge in [-0.3, -0.25) is 4.79 Å². The first kappa shape index (κ1) is 20.7. The molecular weight excluding hydrogens is 416 g/mol. The lowest BCUT2D eigenvalue weighted by Gasteiger charge is -2.09. The molecule has 0 spiro atoms. The second kappa shape index (κ2) is 9.05. The molecule has 0 aliphatic rings. The molecule has 0 unspecified atom stereocenters. The van der Waals surface area contributed by atoms with Gasteiger partial charge in [-0.1, -0.05) is 11.3 Å². The molecule has 9 heteroatoms. The largest absolute Gasteiger partial charge is 0.497 e. The Morgan fingerprint density at radius 3 is 2.48 bits per heavy atom. The van der Waals surface area contributed by atoms with Crippen molar-refractivity contribution in [3.05, 3.63) is 54.2 Å². The topological polar surface area (TPSA) is 87.5 Å². The smallest absolute Gasteiger partial charge is 0.263 e. The van der Waals surface area contributed by atoms with Gasteiger partial charge < -0.3 is 19.5 Å². The zero-order valence-corrected chi connectivity index (χ0v) is 18.2. The minimum absolute atomic E-state index is 0.130. The molecule has 4 rings (SSSR count). The third kappa shape index (κ3) is 4.77. The van der Waals surface area contributed by atoms with E-state index in [0.717, 1.165) is 27.4 Å². The summed E-state index contributed by atoms with van der Waals surface area (Å²) in [6.07, 6.45) is 0. The van der Waals surface area contributed by atoms with Crippen molar-refractivity contribution in [2.24, 2.45) is 0 Å². The molecule has 0 fully saturated rings. The van der Waals surface area contributed by atoms with Crippen LogP contribution in [0.5, 0.6) is 17.2 Å². The number of nitrogens with zero attached hydrogens (tertiary/aromatic N) is 3. The highest BCUT2D eigenvalue weighted by molar-refractivity contribution is 7.20. The van der Waals surface area contributed by atoms with Crippen LogP contribution in [-0.4, -0.2) is 41.0 Å². The minimum Gasteiger partial charge on any atom is -0.497 e. The summed E-state index contributed by atoms with van der Waals surface area (Å²) in [4.78, 5) is 17.1. The van der Waals surface area contributed by atoms with Gasteiger partial charge in [0.1, 0.15) is 23.1 Å². The average molecular weight is 439 g/mol. The van der Waals surface area contributed by atoms with E-state index in [2.05, 4.69) is 15.4 Å². The zero-order valence-electron chi connectivity index (χ0n) is 17.4. The van der Waals surface area contributed by atoms with E-state index in [-0.39, 0.29) is 12.5 Å². The van der Waals surface area contributed by atoms with E-state index in [9.17, 15) is 4.79 Å². The van der Waals surface area contributed by atoms with Gasteiger partial charge in [-0.15, -0.1) is 0 Å². The third-order valence-electron chi connectivity index (χ3n) is 4.37. The van der Waals surface area contributed by atoms with Crippen LogP contribution in [-0.2, 0) is 4.79 Å². The first-order chi connectivity index (χ1) is 15.1. The molecule has 2 aromatic heterocycles. The first-order valence-corrected chi connectivity index (χ1v) is 10.5. The predicted octanol–water partition coefficient (Wildman–Crippen LogP) is 4.22. The van der Waals surface area contributed by atoms with E-state index >= 15 is 0 Å². The van der Waals surface area contributed by atoms with Gasteiger partial charge in [0.05, 0.1) is 29.6 Å². The van der Waals surface area contributed by atoms with Crippen molar-refractivity contribution in [2.75, 3.05) is 25.6 Å². The molecule has 2 heterocycles. The summed E-state index contributed by atoms with van der Waals surface area (Å²) in [5.74, 6) is 2.34. The Morgan fingerprint density at radius 2 is 1.77 bits per heavy atom. The molecule has 0 bridgehead atoms. The highest BCUT2D eigenvalue weighted by Crippen LogP contribution is 2.30. The van der Waals surface area contributed by atoms with Crippen molar-refractivity contribution in [3.8, 4) is 22.4 Å². The van der Waals surface area contributed by atoms with Crippen LogP contribution < -0.4 is 19.5 Å². The number of methoxy groups -OCH3 is 1. The fourth-order valence-corrected chi connectivity index (χ4v) is 3.93. The molecule has 31 heavy (non-hydrogen) atoms. The maximum Gasteiger partial charge on any atom is 0.263 e. The lowest BCUT2D eigenvalue weighted by atomic mass is 10.3. The molecule has 1 amide bonds. The van der Waals surface area contributed by atoms with Crippen LogP contribution >= 0.6 is 11.3 Å². The molecule has 160 valence electrons. The fourth-order valence-electron chi connectivity index (χ4n) is 2.97. The van der Waals surface area contributed by atoms with Gasteiger partial charge in [-0.05, 0) is 56.3 Å². The minimum atomic E-state index is -0.294. The van der Waals surface area contributed by atoms with Crippen molar-refractivity contribution < 1.29 is 19.0 Å². The number of rotatable bonds is 8. The number of amides is 1. The van der Waals surface area contributed by atoms with E-state index in [1.165, 1.54) is 11.3 Å². The number of hydrogen-bond acceptors (Lipinski definition) is 7. The number of ether oxygens (including phenoxy) is 3. The molecule has 0 atom stereocenters. The van der Waals surface area contributed by atoms with Gasteiger partial charge in [-0.25, -0.2) is 4.98 Å². The van der Waals surface area contributed by atoms with Crippen molar-refractivity contribution >= 4 is 33.3 Å². The number of aromatic nitrogens is 3. The number of thiazole rings is 1. The van der Waals surface area contributed by atoms with Crippen LogP contribution in [0, 0.1) is 6.92 Å². The third-order valence-corrected chi connectivity index (χ3v) is 5.36. The maximum absolute atomic E-state index is 12.5. The van der Waals surface area contributed by atoms with Gasteiger partial charge in [0.25, 0.3) is 5.91 Å². The van der Waals surface area contributed by atoms with Gasteiger partial charge >= 0.3 is 0 Å². The van der Waals surface area contributed by atoms with E-state index in [0.29, 0.717) is 23.3 Å². The first-order valence-electron chi connectivity index (χ1n) is 9.73. The van der Waals surface area contributed by atoms with Gasteiger partial charge in [-0.2, -0.15) is 9.78 Å². The van der Waals surface area contributed by atoms with Gasteiger partial charge in [0, 0.05) is 6.07 Å². The lowest BCUT2D eigenvalue weighted by molar-refractivity contribution is -0.118. The Hall–Kier alpha value is -3.59. The summed E-state index contributed by atoms with van der Waals surface area (Å²) >= 11 is 1.46. The number of aryl methyl sites for hydroxylation is 1. The molecule has 0 aliphatic heterocycles. The summed E-state index contributed by atoms with van der Waals surface area (Å²) in [7, 11) is 1.63. The Morgan fingerprint density at radius 1 is 1.06 bits per heavy atom. The molecule has 8 nitrogen and oxygen atoms in total. The zero-order chi connectivity index (χ0) is 21.8. The number of fused-ring (bicyclic) bond motifs is 1. The van der Waals surface area contributed by atoms with Gasteiger partial charge in [0.15, 0.2) is 6.61 Å². The fraction of sp³-hybridized carbons (Fsp3) is 0.227. The molecule has 0 aliphatic carbocycles. The van der Waals surface area contributed by atoms with Crippen LogP contribution in [0.1, 0.15) is 12.6 Å². The van der Waals surface area contributed by atoms with Crippen LogP contribution in [0.25, 0.3) is 15.3 Å². The quantitative estimate of drug-likeness (QED) is 0.443. The molecule has 1 N–H and O–H groups in total. The summed E-state index contributed by atoms with van der Waals surface area (Å²) < 4.78 is 18.9. The molecule has 2 aromatic carbocycles. The van der Waals surface area contributed by atoms with Crippen LogP contribution in [0.2, 0.25) is 0 Å². The van der Waals surface area contributed by atoms with Gasteiger partial charge in [0.2, 0.25) is 5.13 Å². The van der Waals surface area contributed by atoms with E-state index in [1.54, 1.807) is 42.1 Å². The highest BCUT2D eigenvalue weighted by Gasteiger charge is 2.15. The molecule has 4 aromatic rings. The number of carbonyl (C=O) groups is 1. The second-order valence-corrected chi connectivity index (χ2v) is 7.66. The highest BCUT2D eigenvalue weighted by atomic mass is 32.1. The summed E-state index contributed by atoms with van der Waals surface area (Å²) in [6.45, 7) is 4.25. The number of nitrogens with one attached hydrogen (secondary N) is 1. The van der Waals surface area contributed by atoms with Crippen molar-refractivity contribution in [2.45, 2.75) is 13.8 Å². The van der Waals surface area contributed by atoms with Crippen molar-refractivity contribution in [3.63, 3.8) is 0 Å². The Balaban J connectivity index is 1.46. The van der Waals surface area contributed by atoms with Crippen molar-refractivity contribution in [1.29, 1.82) is 0 Å². The number of hydrogen-bond donors (Lipinski definition) is 1. The number of anilines is 1. The summed E-state index contributed by atoms with van der Waals surface area (Å²) in [5.41, 5.74) is 1.60. The van der Waals surface area contributed by atoms with E-state index in [4.69, 9.17) is 14.2 Å². The van der Waals surface area contributed by atoms with Crippen molar-refractivity contribution in [1.82, 2.24) is 14.8 Å². The average Bonchev–Trinajstić information content (AvgIpc) is 3.35. The number of benzene rings is 2. The Labute approximate surface area is 183 Å². The molecule has 0 saturated heterocycles. The summed E-state index contributed by atoms with van der Waals surface area (Å²) in [6, 6.07) is 14.6. The van der Waals surface area contributed by atoms with E-state index in [1.807, 2.05) is 32.0 Å². The molecule has 0 saturated carbocycles. The SMILES string of the molecule is CCOc1ccc(OCC(=O)Nc2cc(C)nn2-c2nc3ccc(OC)cc3s2)cc1. The molecular formula is C22H22N4O4S. The molecule has 0 radical (unpaired) electrons. The second-order valence-electron chi connectivity index (χ2n) is 6.65. The normalized spacial score (nSPS) is 10.8. The monoisotopic (exact) mass is 438 g/mol. The standard InChI is InChI=1S/C22H22N4O4S/c1-4-29-15-5-7-16(8-6-15)30-13-21(27)24-20-11-14(2)25-26(20)22-23-18-10-9-17(28-3)12-19(18)31-22/h5-12H,4,13H2,1-3H3,(H,24,27). The van der Waals surface area contributed by atoms with Crippen LogP contribution in [0.3, 0.4) is 0 Å². The van der Waals surface area contributed by atoms with Crippen LogP contribution in [0.15, 0.2) is 48.5 Å². The Bertz CT molecular complexity index is 1200. The van der Waals surface area contributed by atoms with Crippen LogP contribution in [0.4, 0.5) is 5.82 Å². The van der Waals surface area contributed by atoms with E-state index < -0.39 is 0 Å². The summed E-state index contributed by atoms with van der Waals surface area (Å²) in [5, 5.41) is 7.99. The number of carbonyl (C=O) groups excluding carboxylic acids is 1. The lowest BCUT2D eigenvalue weighted by Crippen LogP contribution is -2.21. The predicted molar refractivity (Wildman–Crippen MR) is 120 cm³/mol.